The Morgan fingerprint density at radius 3 is 2.00 bits per heavy atom. The number of hydrogen-bond donors (Lipinski definition) is 0. The lowest BCUT2D eigenvalue weighted by Crippen LogP contribution is -2.26. The van der Waals surface area contributed by atoms with Gasteiger partial charge in [0.2, 0.25) is 0 Å². The van der Waals surface area contributed by atoms with Gasteiger partial charge in [-0.3, -0.25) is 4.79 Å². The SMILES string of the molecule is BC(C)c1cc(C)c(OC(=O)C(C)(C)C)c(C)c1. The summed E-state index contributed by atoms with van der Waals surface area (Å²) in [7, 11) is 2.16. The van der Waals surface area contributed by atoms with Crippen LogP contribution in [-0.2, 0) is 4.79 Å². The molecule has 0 spiro atoms. The molecule has 1 aromatic carbocycles. The van der Waals surface area contributed by atoms with Gasteiger partial charge in [0.05, 0.1) is 5.41 Å². The molecule has 0 aliphatic carbocycles. The summed E-state index contributed by atoms with van der Waals surface area (Å²) >= 11 is 0. The standard InChI is InChI=1S/C15H23BO2/c1-9-7-12(11(3)16)8-10(2)13(9)18-14(17)15(4,5)6/h7-8,11H,16H2,1-6H3. The van der Waals surface area contributed by atoms with Crippen molar-refractivity contribution in [2.75, 3.05) is 0 Å². The topological polar surface area (TPSA) is 26.3 Å². The Bertz CT molecular complexity index is 433. The van der Waals surface area contributed by atoms with Crippen molar-refractivity contribution < 1.29 is 9.53 Å². The molecule has 98 valence electrons. The molecule has 0 amide bonds. The molecular weight excluding hydrogens is 223 g/mol. The zero-order chi connectivity index (χ0) is 14.1. The molecule has 0 aliphatic rings. The van der Waals surface area contributed by atoms with E-state index in [0.717, 1.165) is 11.1 Å². The van der Waals surface area contributed by atoms with E-state index in [2.05, 4.69) is 26.9 Å². The number of ether oxygens (including phenoxy) is 1. The fourth-order valence-electron chi connectivity index (χ4n) is 1.72. The Kier molecular flexibility index (Phi) is 4.26. The van der Waals surface area contributed by atoms with Crippen molar-refractivity contribution in [1.82, 2.24) is 0 Å². The van der Waals surface area contributed by atoms with Crippen molar-refractivity contribution in [2.24, 2.45) is 5.41 Å². The lowest BCUT2D eigenvalue weighted by molar-refractivity contribution is -0.143. The Morgan fingerprint density at radius 2 is 1.67 bits per heavy atom. The van der Waals surface area contributed by atoms with Crippen LogP contribution in [0.1, 0.15) is 50.2 Å². The summed E-state index contributed by atoms with van der Waals surface area (Å²) in [4.78, 5) is 11.9. The summed E-state index contributed by atoms with van der Waals surface area (Å²) in [6.45, 7) is 11.7. The van der Waals surface area contributed by atoms with E-state index in [0.29, 0.717) is 11.6 Å². The van der Waals surface area contributed by atoms with Crippen LogP contribution in [0, 0.1) is 19.3 Å². The molecular formula is C15H23BO2. The Balaban J connectivity index is 3.09. The molecule has 18 heavy (non-hydrogen) atoms. The zero-order valence-corrected chi connectivity index (χ0v) is 12.5. The molecule has 0 saturated carbocycles. The Morgan fingerprint density at radius 1 is 1.22 bits per heavy atom. The van der Waals surface area contributed by atoms with E-state index in [1.165, 1.54) is 5.56 Å². The maximum absolute atomic E-state index is 11.9. The number of esters is 1. The van der Waals surface area contributed by atoms with Crippen molar-refractivity contribution in [1.29, 1.82) is 0 Å². The first-order valence-electron chi connectivity index (χ1n) is 6.46. The molecule has 0 aromatic heterocycles. The second-order valence-corrected chi connectivity index (χ2v) is 6.28. The van der Waals surface area contributed by atoms with Crippen molar-refractivity contribution in [3.63, 3.8) is 0 Å². The molecule has 0 radical (unpaired) electrons. The fraction of sp³-hybridized carbons (Fsp3) is 0.533. The van der Waals surface area contributed by atoms with Gasteiger partial charge in [0.1, 0.15) is 13.6 Å². The Hall–Kier alpha value is -1.25. The van der Waals surface area contributed by atoms with Crippen LogP contribution in [0.5, 0.6) is 5.75 Å². The molecule has 0 saturated heterocycles. The highest BCUT2D eigenvalue weighted by Gasteiger charge is 2.25. The maximum Gasteiger partial charge on any atom is 0.316 e. The highest BCUT2D eigenvalue weighted by molar-refractivity contribution is 6.12. The summed E-state index contributed by atoms with van der Waals surface area (Å²) < 4.78 is 5.54. The fourth-order valence-corrected chi connectivity index (χ4v) is 1.72. The number of aryl methyl sites for hydroxylation is 2. The van der Waals surface area contributed by atoms with Crippen molar-refractivity contribution in [3.05, 3.63) is 28.8 Å². The van der Waals surface area contributed by atoms with Crippen LogP contribution in [0.2, 0.25) is 0 Å². The molecule has 0 bridgehead atoms. The minimum atomic E-state index is -0.477. The Labute approximate surface area is 111 Å². The van der Waals surface area contributed by atoms with Gasteiger partial charge in [-0.05, 0) is 51.6 Å². The summed E-state index contributed by atoms with van der Waals surface area (Å²) in [6.07, 6.45) is 0. The van der Waals surface area contributed by atoms with E-state index in [1.54, 1.807) is 0 Å². The maximum atomic E-state index is 11.9. The molecule has 0 heterocycles. The molecule has 3 heteroatoms. The lowest BCUT2D eigenvalue weighted by atomic mass is 9.81. The van der Waals surface area contributed by atoms with Gasteiger partial charge >= 0.3 is 5.97 Å². The average Bonchev–Trinajstić information content (AvgIpc) is 2.21. The predicted octanol–water partition coefficient (Wildman–Crippen LogP) is 2.95. The molecule has 0 N–H and O–H groups in total. The quantitative estimate of drug-likeness (QED) is 0.455. The van der Waals surface area contributed by atoms with E-state index < -0.39 is 5.41 Å². The number of carbonyl (C=O) groups excluding carboxylic acids is 1. The molecule has 1 rings (SSSR count). The van der Waals surface area contributed by atoms with Crippen molar-refractivity contribution in [2.45, 2.75) is 47.4 Å². The van der Waals surface area contributed by atoms with Crippen LogP contribution >= 0.6 is 0 Å². The summed E-state index contributed by atoms with van der Waals surface area (Å²) in [5, 5.41) is 0. The van der Waals surface area contributed by atoms with Crippen LogP contribution in [0.25, 0.3) is 0 Å². The highest BCUT2D eigenvalue weighted by Crippen LogP contribution is 2.29. The van der Waals surface area contributed by atoms with Gasteiger partial charge in [0.15, 0.2) is 0 Å². The zero-order valence-electron chi connectivity index (χ0n) is 12.5. The normalized spacial score (nSPS) is 13.2. The second kappa shape index (κ2) is 5.17. The van der Waals surface area contributed by atoms with Gasteiger partial charge in [-0.1, -0.05) is 24.6 Å². The van der Waals surface area contributed by atoms with Crippen molar-refractivity contribution in [3.8, 4) is 5.75 Å². The van der Waals surface area contributed by atoms with E-state index in [1.807, 2.05) is 34.6 Å². The molecule has 0 fully saturated rings. The number of carbonyl (C=O) groups is 1. The van der Waals surface area contributed by atoms with Crippen LogP contribution < -0.4 is 4.74 Å². The van der Waals surface area contributed by atoms with E-state index in [9.17, 15) is 4.79 Å². The third kappa shape index (κ3) is 3.38. The van der Waals surface area contributed by atoms with E-state index in [-0.39, 0.29) is 5.97 Å². The van der Waals surface area contributed by atoms with Crippen LogP contribution in [0.15, 0.2) is 12.1 Å². The molecule has 0 aliphatic heterocycles. The lowest BCUT2D eigenvalue weighted by Gasteiger charge is -2.20. The predicted molar refractivity (Wildman–Crippen MR) is 78.0 cm³/mol. The first-order valence-corrected chi connectivity index (χ1v) is 6.46. The number of hydrogen-bond acceptors (Lipinski definition) is 2. The van der Waals surface area contributed by atoms with Gasteiger partial charge in [0.25, 0.3) is 0 Å². The molecule has 1 unspecified atom stereocenters. The smallest absolute Gasteiger partial charge is 0.316 e. The average molecular weight is 246 g/mol. The minimum absolute atomic E-state index is 0.189. The number of rotatable bonds is 2. The third-order valence-electron chi connectivity index (χ3n) is 2.96. The van der Waals surface area contributed by atoms with Crippen LogP contribution in [0.3, 0.4) is 0 Å². The van der Waals surface area contributed by atoms with Gasteiger partial charge in [-0.2, -0.15) is 0 Å². The monoisotopic (exact) mass is 246 g/mol. The van der Waals surface area contributed by atoms with Crippen molar-refractivity contribution >= 4 is 13.8 Å². The highest BCUT2D eigenvalue weighted by atomic mass is 16.5. The third-order valence-corrected chi connectivity index (χ3v) is 2.96. The summed E-state index contributed by atoms with van der Waals surface area (Å²) in [5.74, 6) is 1.00. The largest absolute Gasteiger partial charge is 0.426 e. The van der Waals surface area contributed by atoms with Gasteiger partial charge < -0.3 is 4.74 Å². The van der Waals surface area contributed by atoms with Gasteiger partial charge in [-0.25, -0.2) is 0 Å². The summed E-state index contributed by atoms with van der Waals surface area (Å²) in [6, 6.07) is 4.20. The van der Waals surface area contributed by atoms with Gasteiger partial charge in [0, 0.05) is 0 Å². The molecule has 1 aromatic rings. The molecule has 1 atom stereocenters. The van der Waals surface area contributed by atoms with Crippen LogP contribution in [-0.4, -0.2) is 13.8 Å². The van der Waals surface area contributed by atoms with E-state index >= 15 is 0 Å². The minimum Gasteiger partial charge on any atom is -0.426 e. The summed E-state index contributed by atoms with van der Waals surface area (Å²) in [5.41, 5.74) is 2.85. The first kappa shape index (κ1) is 14.8. The van der Waals surface area contributed by atoms with E-state index in [4.69, 9.17) is 4.74 Å². The van der Waals surface area contributed by atoms with Gasteiger partial charge in [-0.15, -0.1) is 0 Å². The first-order chi connectivity index (χ1) is 8.12. The second-order valence-electron chi connectivity index (χ2n) is 6.28. The molecule has 2 nitrogen and oxygen atoms in total. The number of benzene rings is 1. The van der Waals surface area contributed by atoms with Crippen LogP contribution in [0.4, 0.5) is 0 Å².